The third-order valence-electron chi connectivity index (χ3n) is 3.82. The van der Waals surface area contributed by atoms with Gasteiger partial charge in [-0.05, 0) is 30.9 Å². The van der Waals surface area contributed by atoms with Crippen molar-refractivity contribution >= 4 is 5.91 Å². The number of hydrogen-bond acceptors (Lipinski definition) is 3. The van der Waals surface area contributed by atoms with Crippen molar-refractivity contribution < 1.29 is 9.90 Å². The van der Waals surface area contributed by atoms with Gasteiger partial charge in [0.2, 0.25) is 5.91 Å². The first-order valence-electron chi connectivity index (χ1n) is 6.88. The summed E-state index contributed by atoms with van der Waals surface area (Å²) in [5.41, 5.74) is 6.42. The second kappa shape index (κ2) is 6.68. The van der Waals surface area contributed by atoms with Crippen LogP contribution in [0.4, 0.5) is 0 Å². The van der Waals surface area contributed by atoms with Crippen LogP contribution < -0.4 is 5.73 Å². The summed E-state index contributed by atoms with van der Waals surface area (Å²) >= 11 is 0. The lowest BCUT2D eigenvalue weighted by atomic mass is 9.88. The molecule has 0 aliphatic carbocycles. The van der Waals surface area contributed by atoms with Crippen LogP contribution in [0.3, 0.4) is 0 Å². The molecule has 0 unspecified atom stereocenters. The Bertz CT molecular complexity index is 408. The number of carbonyl (C=O) groups is 1. The Labute approximate surface area is 114 Å². The summed E-state index contributed by atoms with van der Waals surface area (Å²) in [6.07, 6.45) is 1.94. The molecule has 2 rings (SSSR count). The molecule has 0 bridgehead atoms. The monoisotopic (exact) mass is 262 g/mol. The SMILES string of the molecule is NC(=O)CCN1CC[C@H](Cc2ccccc2)[C@@H](O)C1. The molecule has 1 aromatic rings. The summed E-state index contributed by atoms with van der Waals surface area (Å²) in [6, 6.07) is 10.3. The molecule has 1 aliphatic rings. The van der Waals surface area contributed by atoms with Gasteiger partial charge in [-0.15, -0.1) is 0 Å². The van der Waals surface area contributed by atoms with Gasteiger partial charge in [0.1, 0.15) is 0 Å². The molecule has 0 spiro atoms. The minimum absolute atomic E-state index is 0.277. The van der Waals surface area contributed by atoms with Crippen LogP contribution in [0.15, 0.2) is 30.3 Å². The van der Waals surface area contributed by atoms with Crippen molar-refractivity contribution in [3.8, 4) is 0 Å². The van der Waals surface area contributed by atoms with E-state index in [1.807, 2.05) is 18.2 Å². The molecule has 3 N–H and O–H groups in total. The summed E-state index contributed by atoms with van der Waals surface area (Å²) in [5.74, 6) is 0.0353. The van der Waals surface area contributed by atoms with Gasteiger partial charge in [0, 0.05) is 19.5 Å². The number of aliphatic hydroxyl groups excluding tert-OH is 1. The van der Waals surface area contributed by atoms with Crippen LogP contribution in [-0.2, 0) is 11.2 Å². The third kappa shape index (κ3) is 4.33. The van der Waals surface area contributed by atoms with Crippen LogP contribution in [0, 0.1) is 5.92 Å². The van der Waals surface area contributed by atoms with Crippen molar-refractivity contribution in [1.29, 1.82) is 0 Å². The first-order chi connectivity index (χ1) is 9.15. The number of β-amino-alcohol motifs (C(OH)–C–C–N with tert-alkyl or cyclic N) is 1. The highest BCUT2D eigenvalue weighted by atomic mass is 16.3. The van der Waals surface area contributed by atoms with E-state index in [9.17, 15) is 9.90 Å². The third-order valence-corrected chi connectivity index (χ3v) is 3.82. The van der Waals surface area contributed by atoms with Gasteiger partial charge in [-0.1, -0.05) is 30.3 Å². The van der Waals surface area contributed by atoms with Gasteiger partial charge < -0.3 is 15.7 Å². The average Bonchev–Trinajstić information content (AvgIpc) is 2.40. The highest BCUT2D eigenvalue weighted by molar-refractivity contribution is 5.73. The Kier molecular flexibility index (Phi) is 4.93. The lowest BCUT2D eigenvalue weighted by Crippen LogP contribution is -2.45. The van der Waals surface area contributed by atoms with Gasteiger partial charge in [0.25, 0.3) is 0 Å². The molecule has 4 heteroatoms. The Morgan fingerprint density at radius 3 is 2.74 bits per heavy atom. The summed E-state index contributed by atoms with van der Waals surface area (Å²) in [7, 11) is 0. The Morgan fingerprint density at radius 2 is 2.11 bits per heavy atom. The second-order valence-electron chi connectivity index (χ2n) is 5.32. The zero-order chi connectivity index (χ0) is 13.7. The summed E-state index contributed by atoms with van der Waals surface area (Å²) in [5, 5.41) is 10.2. The quantitative estimate of drug-likeness (QED) is 0.824. The minimum Gasteiger partial charge on any atom is -0.391 e. The molecule has 2 atom stereocenters. The second-order valence-corrected chi connectivity index (χ2v) is 5.32. The predicted molar refractivity (Wildman–Crippen MR) is 74.5 cm³/mol. The number of nitrogens with two attached hydrogens (primary N) is 1. The fourth-order valence-corrected chi connectivity index (χ4v) is 2.67. The molecule has 1 amide bonds. The maximum absolute atomic E-state index is 10.8. The summed E-state index contributed by atoms with van der Waals surface area (Å²) < 4.78 is 0. The molecule has 1 aliphatic heterocycles. The normalized spacial score (nSPS) is 24.3. The molecular weight excluding hydrogens is 240 g/mol. The van der Waals surface area contributed by atoms with E-state index in [1.54, 1.807) is 0 Å². The predicted octanol–water partition coefficient (Wildman–Crippen LogP) is 0.787. The van der Waals surface area contributed by atoms with Crippen molar-refractivity contribution in [2.24, 2.45) is 11.7 Å². The fraction of sp³-hybridized carbons (Fsp3) is 0.533. The molecule has 1 aromatic carbocycles. The zero-order valence-corrected chi connectivity index (χ0v) is 11.2. The van der Waals surface area contributed by atoms with Gasteiger partial charge in [-0.3, -0.25) is 4.79 Å². The largest absolute Gasteiger partial charge is 0.391 e. The number of piperidine rings is 1. The smallest absolute Gasteiger partial charge is 0.218 e. The van der Waals surface area contributed by atoms with Crippen molar-refractivity contribution in [3.05, 3.63) is 35.9 Å². The fourth-order valence-electron chi connectivity index (χ4n) is 2.67. The maximum Gasteiger partial charge on any atom is 0.218 e. The number of nitrogens with zero attached hydrogens (tertiary/aromatic N) is 1. The molecule has 1 fully saturated rings. The molecule has 0 saturated carbocycles. The standard InChI is InChI=1S/C15H22N2O2/c16-15(19)7-9-17-8-6-13(14(18)11-17)10-12-4-2-1-3-5-12/h1-5,13-14,18H,6-11H2,(H2,16,19)/t13-,14+/m1/s1. The molecule has 1 heterocycles. The van der Waals surface area contributed by atoms with E-state index in [-0.39, 0.29) is 12.0 Å². The first kappa shape index (κ1) is 14.0. The highest BCUT2D eigenvalue weighted by Gasteiger charge is 2.27. The molecule has 0 radical (unpaired) electrons. The van der Waals surface area contributed by atoms with E-state index in [0.717, 1.165) is 19.4 Å². The first-order valence-corrected chi connectivity index (χ1v) is 6.88. The van der Waals surface area contributed by atoms with E-state index < -0.39 is 0 Å². The van der Waals surface area contributed by atoms with Crippen LogP contribution in [0.5, 0.6) is 0 Å². The molecule has 104 valence electrons. The number of rotatable bonds is 5. The molecule has 19 heavy (non-hydrogen) atoms. The van der Waals surface area contributed by atoms with E-state index in [1.165, 1.54) is 5.56 Å². The minimum atomic E-state index is -0.318. The van der Waals surface area contributed by atoms with Crippen molar-refractivity contribution in [1.82, 2.24) is 4.90 Å². The van der Waals surface area contributed by atoms with E-state index in [4.69, 9.17) is 5.73 Å². The lowest BCUT2D eigenvalue weighted by Gasteiger charge is -2.35. The highest BCUT2D eigenvalue weighted by Crippen LogP contribution is 2.22. The van der Waals surface area contributed by atoms with Crippen LogP contribution in [0.2, 0.25) is 0 Å². The number of benzene rings is 1. The maximum atomic E-state index is 10.8. The number of aliphatic hydroxyl groups is 1. The van der Waals surface area contributed by atoms with Gasteiger partial charge in [0.05, 0.1) is 6.10 Å². The summed E-state index contributed by atoms with van der Waals surface area (Å²) in [6.45, 7) is 2.23. The molecule has 1 saturated heterocycles. The van der Waals surface area contributed by atoms with Gasteiger partial charge in [-0.2, -0.15) is 0 Å². The van der Waals surface area contributed by atoms with Crippen molar-refractivity contribution in [2.45, 2.75) is 25.4 Å². The van der Waals surface area contributed by atoms with Crippen LogP contribution >= 0.6 is 0 Å². The number of hydrogen-bond donors (Lipinski definition) is 2. The number of likely N-dealkylation sites (tertiary alicyclic amines) is 1. The van der Waals surface area contributed by atoms with Crippen LogP contribution in [0.25, 0.3) is 0 Å². The Morgan fingerprint density at radius 1 is 1.37 bits per heavy atom. The van der Waals surface area contributed by atoms with Crippen LogP contribution in [-0.4, -0.2) is 41.7 Å². The topological polar surface area (TPSA) is 66.6 Å². The Balaban J connectivity index is 1.82. The molecule has 0 aromatic heterocycles. The molecule has 4 nitrogen and oxygen atoms in total. The van der Waals surface area contributed by atoms with Crippen molar-refractivity contribution in [2.75, 3.05) is 19.6 Å². The van der Waals surface area contributed by atoms with E-state index >= 15 is 0 Å². The van der Waals surface area contributed by atoms with Crippen LogP contribution in [0.1, 0.15) is 18.4 Å². The number of amides is 1. The Hall–Kier alpha value is -1.39. The van der Waals surface area contributed by atoms with E-state index in [0.29, 0.717) is 25.4 Å². The average molecular weight is 262 g/mol. The van der Waals surface area contributed by atoms with Crippen molar-refractivity contribution in [3.63, 3.8) is 0 Å². The summed E-state index contributed by atoms with van der Waals surface area (Å²) in [4.78, 5) is 12.9. The number of primary amides is 1. The molecular formula is C15H22N2O2. The number of carbonyl (C=O) groups excluding carboxylic acids is 1. The van der Waals surface area contributed by atoms with Gasteiger partial charge >= 0.3 is 0 Å². The van der Waals surface area contributed by atoms with Gasteiger partial charge in [-0.25, -0.2) is 0 Å². The zero-order valence-electron chi connectivity index (χ0n) is 11.2. The lowest BCUT2D eigenvalue weighted by molar-refractivity contribution is -0.118. The van der Waals surface area contributed by atoms with Gasteiger partial charge in [0.15, 0.2) is 0 Å². The van der Waals surface area contributed by atoms with E-state index in [2.05, 4.69) is 17.0 Å².